The zero-order chi connectivity index (χ0) is 19.5. The highest BCUT2D eigenvalue weighted by Crippen LogP contribution is 2.26. The minimum atomic E-state index is -3.89. The normalized spacial score (nSPS) is 14.6. The Kier molecular flexibility index (Phi) is 5.92. The number of methoxy groups -OCH3 is 1. The van der Waals surface area contributed by atoms with E-state index >= 15 is 0 Å². The van der Waals surface area contributed by atoms with Crippen LogP contribution in [0.25, 0.3) is 0 Å². The van der Waals surface area contributed by atoms with E-state index in [2.05, 4.69) is 15.4 Å². The molecule has 0 atom stereocenters. The smallest absolute Gasteiger partial charge is 0.251 e. The molecular weight excluding hydrogens is 358 g/mol. The van der Waals surface area contributed by atoms with E-state index < -0.39 is 21.5 Å². The molecule has 1 aliphatic carbocycles. The molecule has 1 aliphatic rings. The molecule has 1 aromatic carbocycles. The van der Waals surface area contributed by atoms with Gasteiger partial charge < -0.3 is 15.4 Å². The first-order chi connectivity index (χ1) is 12.0. The van der Waals surface area contributed by atoms with Crippen LogP contribution >= 0.6 is 0 Å². The van der Waals surface area contributed by atoms with E-state index in [1.54, 1.807) is 20.8 Å². The molecule has 9 heteroatoms. The number of hydrogen-bond donors (Lipinski definition) is 3. The van der Waals surface area contributed by atoms with Crippen LogP contribution in [0.1, 0.15) is 44.0 Å². The third-order valence-corrected chi connectivity index (χ3v) is 5.29. The number of benzene rings is 1. The lowest BCUT2D eigenvalue weighted by Gasteiger charge is -2.21. The fourth-order valence-corrected chi connectivity index (χ4v) is 3.87. The first-order valence-electron chi connectivity index (χ1n) is 8.31. The van der Waals surface area contributed by atoms with Gasteiger partial charge >= 0.3 is 0 Å². The standard InChI is InChI=1S/C17H25N3O5S/c1-17(2,3)20-26(23,24)14-9-11(5-8-13(14)25-4)16(22)18-10-15(21)19-12-6-7-12/h5,8-9,12,20H,6-7,10H2,1-4H3,(H,18,22)(H,19,21). The fourth-order valence-electron chi connectivity index (χ4n) is 2.26. The summed E-state index contributed by atoms with van der Waals surface area (Å²) in [4.78, 5) is 23.8. The maximum absolute atomic E-state index is 12.6. The van der Waals surface area contributed by atoms with Crippen LogP contribution in [0.2, 0.25) is 0 Å². The molecule has 3 N–H and O–H groups in total. The second-order valence-corrected chi connectivity index (χ2v) is 8.90. The van der Waals surface area contributed by atoms with Crippen LogP contribution in [-0.2, 0) is 14.8 Å². The Morgan fingerprint density at radius 2 is 1.88 bits per heavy atom. The number of carbonyl (C=O) groups excluding carboxylic acids is 2. The van der Waals surface area contributed by atoms with Gasteiger partial charge in [-0.15, -0.1) is 0 Å². The van der Waals surface area contributed by atoms with Crippen LogP contribution in [0, 0.1) is 0 Å². The summed E-state index contributed by atoms with van der Waals surface area (Å²) in [5.74, 6) is -0.674. The molecule has 1 fully saturated rings. The highest BCUT2D eigenvalue weighted by atomic mass is 32.2. The van der Waals surface area contributed by atoms with Crippen molar-refractivity contribution < 1.29 is 22.7 Å². The van der Waals surface area contributed by atoms with E-state index in [9.17, 15) is 18.0 Å². The Labute approximate surface area is 153 Å². The van der Waals surface area contributed by atoms with Crippen molar-refractivity contribution in [3.8, 4) is 5.75 Å². The lowest BCUT2D eigenvalue weighted by molar-refractivity contribution is -0.120. The molecule has 1 saturated carbocycles. The zero-order valence-electron chi connectivity index (χ0n) is 15.4. The van der Waals surface area contributed by atoms with Crippen molar-refractivity contribution in [3.63, 3.8) is 0 Å². The van der Waals surface area contributed by atoms with E-state index in [1.165, 1.54) is 25.3 Å². The van der Waals surface area contributed by atoms with Crippen molar-refractivity contribution in [2.75, 3.05) is 13.7 Å². The average molecular weight is 383 g/mol. The molecule has 0 bridgehead atoms. The molecule has 26 heavy (non-hydrogen) atoms. The molecule has 0 heterocycles. The summed E-state index contributed by atoms with van der Waals surface area (Å²) >= 11 is 0. The van der Waals surface area contributed by atoms with Crippen molar-refractivity contribution >= 4 is 21.8 Å². The van der Waals surface area contributed by atoms with Gasteiger partial charge in [0.2, 0.25) is 15.9 Å². The fraction of sp³-hybridized carbons (Fsp3) is 0.529. The molecular formula is C17H25N3O5S. The topological polar surface area (TPSA) is 114 Å². The highest BCUT2D eigenvalue weighted by molar-refractivity contribution is 7.89. The maximum atomic E-state index is 12.6. The SMILES string of the molecule is COc1ccc(C(=O)NCC(=O)NC2CC2)cc1S(=O)(=O)NC(C)(C)C. The van der Waals surface area contributed by atoms with Crippen LogP contribution in [0.15, 0.2) is 23.1 Å². The Morgan fingerprint density at radius 3 is 2.42 bits per heavy atom. The monoisotopic (exact) mass is 383 g/mol. The molecule has 2 rings (SSSR count). The molecule has 0 unspecified atom stereocenters. The van der Waals surface area contributed by atoms with Gasteiger partial charge in [0.05, 0.1) is 13.7 Å². The van der Waals surface area contributed by atoms with E-state index in [0.29, 0.717) is 0 Å². The molecule has 2 amide bonds. The Morgan fingerprint density at radius 1 is 1.23 bits per heavy atom. The summed E-state index contributed by atoms with van der Waals surface area (Å²) < 4.78 is 32.9. The van der Waals surface area contributed by atoms with Gasteiger partial charge in [-0.05, 0) is 51.8 Å². The van der Waals surface area contributed by atoms with Gasteiger partial charge in [0, 0.05) is 17.1 Å². The van der Waals surface area contributed by atoms with Crippen molar-refractivity contribution in [2.24, 2.45) is 0 Å². The summed E-state index contributed by atoms with van der Waals surface area (Å²) in [6, 6.07) is 4.31. The molecule has 0 spiro atoms. The van der Waals surface area contributed by atoms with Gasteiger partial charge in [-0.2, -0.15) is 0 Å². The van der Waals surface area contributed by atoms with E-state index in [0.717, 1.165) is 12.8 Å². The summed E-state index contributed by atoms with van der Waals surface area (Å²) in [5, 5.41) is 5.25. The van der Waals surface area contributed by atoms with Crippen molar-refractivity contribution in [1.29, 1.82) is 0 Å². The molecule has 144 valence electrons. The van der Waals surface area contributed by atoms with Gasteiger partial charge in [-0.1, -0.05) is 0 Å². The van der Waals surface area contributed by atoms with E-state index in [-0.39, 0.29) is 34.7 Å². The largest absolute Gasteiger partial charge is 0.495 e. The van der Waals surface area contributed by atoms with Crippen molar-refractivity contribution in [3.05, 3.63) is 23.8 Å². The molecule has 0 aromatic heterocycles. The second kappa shape index (κ2) is 7.63. The van der Waals surface area contributed by atoms with Crippen LogP contribution in [-0.4, -0.2) is 45.5 Å². The minimum absolute atomic E-state index is 0.124. The van der Waals surface area contributed by atoms with Gasteiger partial charge in [-0.3, -0.25) is 9.59 Å². The number of carbonyl (C=O) groups is 2. The Bertz CT molecular complexity index is 795. The lowest BCUT2D eigenvalue weighted by Crippen LogP contribution is -2.40. The number of sulfonamides is 1. The molecule has 1 aromatic rings. The number of ether oxygens (including phenoxy) is 1. The van der Waals surface area contributed by atoms with Gasteiger partial charge in [0.1, 0.15) is 10.6 Å². The quantitative estimate of drug-likeness (QED) is 0.644. The second-order valence-electron chi connectivity index (χ2n) is 7.25. The van der Waals surface area contributed by atoms with Crippen LogP contribution in [0.3, 0.4) is 0 Å². The molecule has 0 radical (unpaired) electrons. The van der Waals surface area contributed by atoms with Crippen LogP contribution in [0.5, 0.6) is 5.75 Å². The number of amides is 2. The van der Waals surface area contributed by atoms with Gasteiger partial charge in [0.15, 0.2) is 0 Å². The minimum Gasteiger partial charge on any atom is -0.495 e. The maximum Gasteiger partial charge on any atom is 0.251 e. The average Bonchev–Trinajstić information content (AvgIpc) is 3.33. The van der Waals surface area contributed by atoms with Crippen molar-refractivity contribution in [1.82, 2.24) is 15.4 Å². The van der Waals surface area contributed by atoms with Gasteiger partial charge in [0.25, 0.3) is 5.91 Å². The summed E-state index contributed by atoms with van der Waals surface area (Å²) in [6.07, 6.45) is 1.92. The first-order valence-corrected chi connectivity index (χ1v) is 9.80. The van der Waals surface area contributed by atoms with E-state index in [1.807, 2.05) is 0 Å². The predicted molar refractivity (Wildman–Crippen MR) is 96.6 cm³/mol. The lowest BCUT2D eigenvalue weighted by atomic mass is 10.1. The van der Waals surface area contributed by atoms with Crippen molar-refractivity contribution in [2.45, 2.75) is 50.1 Å². The molecule has 0 saturated heterocycles. The number of hydrogen-bond acceptors (Lipinski definition) is 5. The first kappa shape index (κ1) is 20.2. The van der Waals surface area contributed by atoms with Crippen LogP contribution in [0.4, 0.5) is 0 Å². The Balaban J connectivity index is 2.17. The molecule has 0 aliphatic heterocycles. The highest BCUT2D eigenvalue weighted by Gasteiger charge is 2.27. The third kappa shape index (κ3) is 5.70. The summed E-state index contributed by atoms with van der Waals surface area (Å²) in [7, 11) is -2.54. The third-order valence-electron chi connectivity index (χ3n) is 3.51. The summed E-state index contributed by atoms with van der Waals surface area (Å²) in [6.45, 7) is 4.98. The molecule has 8 nitrogen and oxygen atoms in total. The number of nitrogens with one attached hydrogen (secondary N) is 3. The van der Waals surface area contributed by atoms with Crippen LogP contribution < -0.4 is 20.1 Å². The summed E-state index contributed by atoms with van der Waals surface area (Å²) in [5.41, 5.74) is -0.567. The Hall–Kier alpha value is -2.13. The van der Waals surface area contributed by atoms with Gasteiger partial charge in [-0.25, -0.2) is 13.1 Å². The van der Waals surface area contributed by atoms with E-state index in [4.69, 9.17) is 4.74 Å². The predicted octanol–water partition coefficient (Wildman–Crippen LogP) is 0.780. The zero-order valence-corrected chi connectivity index (χ0v) is 16.2. The number of rotatable bonds is 7.